The van der Waals surface area contributed by atoms with Gasteiger partial charge in [-0.3, -0.25) is 9.80 Å². The van der Waals surface area contributed by atoms with Crippen molar-refractivity contribution in [1.29, 1.82) is 0 Å². The van der Waals surface area contributed by atoms with E-state index in [0.717, 1.165) is 68.5 Å². The largest absolute Gasteiger partial charge is 0.392 e. The number of aliphatic hydroxyl groups is 1. The Labute approximate surface area is 205 Å². The lowest BCUT2D eigenvalue weighted by atomic mass is 10.1. The van der Waals surface area contributed by atoms with Gasteiger partial charge >= 0.3 is 0 Å². The molecule has 0 spiro atoms. The molecule has 0 atom stereocenters. The fourth-order valence-corrected chi connectivity index (χ4v) is 6.41. The van der Waals surface area contributed by atoms with E-state index in [1.54, 1.807) is 11.3 Å². The topological polar surface area (TPSA) is 86.2 Å². The summed E-state index contributed by atoms with van der Waals surface area (Å²) in [6.07, 6.45) is 0. The number of aromatic nitrogens is 1. The smallest absolute Gasteiger partial charge is 0.153 e. The van der Waals surface area contributed by atoms with Gasteiger partial charge in [0.05, 0.1) is 36.1 Å². The summed E-state index contributed by atoms with van der Waals surface area (Å²) in [5.74, 6) is 1.16. The van der Waals surface area contributed by atoms with Crippen LogP contribution in [0.5, 0.6) is 0 Å². The number of anilines is 1. The highest BCUT2D eigenvalue weighted by molar-refractivity contribution is 7.72. The minimum Gasteiger partial charge on any atom is -0.392 e. The number of aliphatic hydroxyl groups excluding tert-OH is 1. The number of pyridine rings is 1. The zero-order chi connectivity index (χ0) is 23.5. The first-order chi connectivity index (χ1) is 16.6. The number of ether oxygens (including phenoxy) is 1. The second kappa shape index (κ2) is 10.7. The van der Waals surface area contributed by atoms with Crippen LogP contribution in [0.3, 0.4) is 0 Å². The number of morpholine rings is 1. The first-order valence-electron chi connectivity index (χ1n) is 11.6. The van der Waals surface area contributed by atoms with Gasteiger partial charge in [0.15, 0.2) is 10.7 Å². The zero-order valence-corrected chi connectivity index (χ0v) is 20.8. The minimum absolute atomic E-state index is 0.00752. The third-order valence-electron chi connectivity index (χ3n) is 6.41. The van der Waals surface area contributed by atoms with Crippen LogP contribution in [-0.2, 0) is 28.6 Å². The van der Waals surface area contributed by atoms with Gasteiger partial charge in [-0.05, 0) is 29.1 Å². The number of hydrogen-bond acceptors (Lipinski definition) is 9. The number of rotatable bonds is 7. The zero-order valence-electron chi connectivity index (χ0n) is 19.1. The SMILES string of the molecule is O=[SH](=O)CN1CCN(Cc2cc3cc(-c4cccc(CO)c4)nc(N4CCOCC4)c3s2)CC1. The number of benzene rings is 1. The highest BCUT2D eigenvalue weighted by Gasteiger charge is 2.21. The minimum atomic E-state index is -2.36. The number of piperazine rings is 1. The Morgan fingerprint density at radius 2 is 1.76 bits per heavy atom. The maximum Gasteiger partial charge on any atom is 0.153 e. The third-order valence-corrected chi connectivity index (χ3v) is 8.17. The van der Waals surface area contributed by atoms with E-state index in [1.165, 1.54) is 15.0 Å². The van der Waals surface area contributed by atoms with Crippen LogP contribution in [0.25, 0.3) is 21.3 Å². The van der Waals surface area contributed by atoms with Gasteiger partial charge in [0.2, 0.25) is 0 Å². The molecule has 10 heteroatoms. The number of hydrogen-bond donors (Lipinski definition) is 2. The van der Waals surface area contributed by atoms with Crippen LogP contribution in [0.15, 0.2) is 36.4 Å². The molecule has 4 heterocycles. The number of fused-ring (bicyclic) bond motifs is 1. The summed E-state index contributed by atoms with van der Waals surface area (Å²) in [7, 11) is -2.36. The molecule has 2 aromatic heterocycles. The van der Waals surface area contributed by atoms with Crippen molar-refractivity contribution in [3.05, 3.63) is 46.8 Å². The molecule has 1 aromatic carbocycles. The van der Waals surface area contributed by atoms with E-state index >= 15 is 0 Å². The van der Waals surface area contributed by atoms with Crippen molar-refractivity contribution in [2.45, 2.75) is 13.2 Å². The fraction of sp³-hybridized carbons (Fsp3) is 0.458. The van der Waals surface area contributed by atoms with E-state index in [9.17, 15) is 13.5 Å². The van der Waals surface area contributed by atoms with Gasteiger partial charge in [-0.25, -0.2) is 13.4 Å². The van der Waals surface area contributed by atoms with E-state index in [-0.39, 0.29) is 12.5 Å². The predicted molar refractivity (Wildman–Crippen MR) is 136 cm³/mol. The molecule has 0 unspecified atom stereocenters. The van der Waals surface area contributed by atoms with Gasteiger partial charge in [0.1, 0.15) is 5.82 Å². The fourth-order valence-electron chi connectivity index (χ4n) is 4.60. The van der Waals surface area contributed by atoms with Crippen LogP contribution >= 0.6 is 11.3 Å². The second-order valence-electron chi connectivity index (χ2n) is 8.79. The molecule has 3 aromatic rings. The van der Waals surface area contributed by atoms with Gasteiger partial charge in [0, 0.05) is 56.3 Å². The summed E-state index contributed by atoms with van der Waals surface area (Å²) in [5, 5.41) is 10.8. The molecule has 0 bridgehead atoms. The first-order valence-corrected chi connectivity index (χ1v) is 13.8. The molecule has 1 N–H and O–H groups in total. The summed E-state index contributed by atoms with van der Waals surface area (Å²) in [6.45, 7) is 7.19. The molecular weight excluding hydrogens is 472 g/mol. The lowest BCUT2D eigenvalue weighted by molar-refractivity contribution is 0.122. The molecule has 0 radical (unpaired) electrons. The Morgan fingerprint density at radius 1 is 1.00 bits per heavy atom. The normalized spacial score (nSPS) is 18.2. The van der Waals surface area contributed by atoms with Crippen LogP contribution in [0.2, 0.25) is 0 Å². The maximum absolute atomic E-state index is 11.0. The van der Waals surface area contributed by atoms with Gasteiger partial charge in [-0.15, -0.1) is 11.3 Å². The third kappa shape index (κ3) is 5.42. The highest BCUT2D eigenvalue weighted by Crippen LogP contribution is 2.37. The van der Waals surface area contributed by atoms with E-state index in [2.05, 4.69) is 21.9 Å². The van der Waals surface area contributed by atoms with Crippen molar-refractivity contribution in [1.82, 2.24) is 14.8 Å². The molecule has 0 amide bonds. The van der Waals surface area contributed by atoms with Crippen LogP contribution in [0.4, 0.5) is 5.82 Å². The van der Waals surface area contributed by atoms with Crippen molar-refractivity contribution in [3.63, 3.8) is 0 Å². The van der Waals surface area contributed by atoms with Gasteiger partial charge in [0.25, 0.3) is 0 Å². The Hall–Kier alpha value is -2.08. The van der Waals surface area contributed by atoms with Crippen molar-refractivity contribution in [2.75, 3.05) is 63.3 Å². The standard InChI is InChI=1S/C24H30N4O4S2/c29-16-18-2-1-3-19(12-18)22-14-20-13-21(15-26-4-6-27(7-5-26)17-34(30)31)33-23(20)24(25-22)28-8-10-32-11-9-28/h1-3,12-14,29,34H,4-11,15-17H2. The van der Waals surface area contributed by atoms with Crippen LogP contribution in [0, 0.1) is 0 Å². The summed E-state index contributed by atoms with van der Waals surface area (Å²) in [6, 6.07) is 12.3. The molecule has 0 saturated carbocycles. The summed E-state index contributed by atoms with van der Waals surface area (Å²) in [4.78, 5) is 13.1. The maximum atomic E-state index is 11.0. The van der Waals surface area contributed by atoms with Gasteiger partial charge in [-0.1, -0.05) is 18.2 Å². The summed E-state index contributed by atoms with van der Waals surface area (Å²) < 4.78 is 28.8. The average Bonchev–Trinajstić information content (AvgIpc) is 3.27. The molecular formula is C24H30N4O4S2. The van der Waals surface area contributed by atoms with Crippen LogP contribution in [-0.4, -0.2) is 86.7 Å². The summed E-state index contributed by atoms with van der Waals surface area (Å²) >= 11 is 1.80. The Bertz CT molecular complexity index is 1210. The second-order valence-corrected chi connectivity index (χ2v) is 10.9. The molecule has 2 saturated heterocycles. The molecule has 2 aliphatic heterocycles. The Balaban J connectivity index is 1.44. The molecule has 182 valence electrons. The highest BCUT2D eigenvalue weighted by atomic mass is 32.2. The van der Waals surface area contributed by atoms with E-state index in [4.69, 9.17) is 9.72 Å². The molecule has 2 aliphatic rings. The molecule has 0 aliphatic carbocycles. The van der Waals surface area contributed by atoms with Crippen molar-refractivity contribution >= 4 is 37.9 Å². The quantitative estimate of drug-likeness (QED) is 0.475. The predicted octanol–water partition coefficient (Wildman–Crippen LogP) is 1.98. The van der Waals surface area contributed by atoms with Gasteiger partial charge < -0.3 is 14.7 Å². The number of thiol groups is 1. The lowest BCUT2D eigenvalue weighted by Gasteiger charge is -2.33. The van der Waals surface area contributed by atoms with Crippen molar-refractivity contribution in [3.8, 4) is 11.3 Å². The van der Waals surface area contributed by atoms with E-state index in [0.29, 0.717) is 13.2 Å². The Kier molecular flexibility index (Phi) is 7.43. The average molecular weight is 503 g/mol. The molecule has 5 rings (SSSR count). The van der Waals surface area contributed by atoms with Crippen LogP contribution in [0.1, 0.15) is 10.4 Å². The molecule has 2 fully saturated rings. The lowest BCUT2D eigenvalue weighted by Crippen LogP contribution is -2.46. The van der Waals surface area contributed by atoms with Gasteiger partial charge in [-0.2, -0.15) is 0 Å². The van der Waals surface area contributed by atoms with E-state index < -0.39 is 10.7 Å². The number of nitrogens with zero attached hydrogens (tertiary/aromatic N) is 4. The number of thiophene rings is 1. The van der Waals surface area contributed by atoms with Crippen LogP contribution < -0.4 is 4.90 Å². The monoisotopic (exact) mass is 502 g/mol. The van der Waals surface area contributed by atoms with Crippen molar-refractivity contribution in [2.24, 2.45) is 0 Å². The Morgan fingerprint density at radius 3 is 2.50 bits per heavy atom. The van der Waals surface area contributed by atoms with E-state index in [1.807, 2.05) is 29.2 Å². The summed E-state index contributed by atoms with van der Waals surface area (Å²) in [5.41, 5.74) is 2.79. The molecule has 34 heavy (non-hydrogen) atoms. The molecule has 8 nitrogen and oxygen atoms in total. The first kappa shape index (κ1) is 23.7. The van der Waals surface area contributed by atoms with Crippen molar-refractivity contribution < 1.29 is 18.3 Å².